The molecule has 0 spiro atoms. The maximum absolute atomic E-state index is 11.8. The standard InChI is InChI=1S/C22H34N4O2.HI/c1-3-22(11-4-5-12-22)16-25-21(23-2)24-14-17-7-6-8-19(13-17)28-15-20(27)26-18-9-10-18;/h6-8,13,18H,3-5,9-12,14-16H2,1-2H3,(H,26,27)(H2,23,24,25);1H. The van der Waals surface area contributed by atoms with Gasteiger partial charge in [-0.3, -0.25) is 9.79 Å². The van der Waals surface area contributed by atoms with Crippen LogP contribution >= 0.6 is 24.0 Å². The van der Waals surface area contributed by atoms with Crippen LogP contribution in [0.3, 0.4) is 0 Å². The fourth-order valence-electron chi connectivity index (χ4n) is 3.85. The van der Waals surface area contributed by atoms with E-state index in [2.05, 4.69) is 27.9 Å². The van der Waals surface area contributed by atoms with Crippen molar-refractivity contribution in [2.75, 3.05) is 20.2 Å². The van der Waals surface area contributed by atoms with E-state index in [4.69, 9.17) is 4.74 Å². The lowest BCUT2D eigenvalue weighted by Gasteiger charge is -2.28. The first-order valence-corrected chi connectivity index (χ1v) is 10.6. The van der Waals surface area contributed by atoms with Gasteiger partial charge in [0.2, 0.25) is 0 Å². The van der Waals surface area contributed by atoms with Crippen LogP contribution in [0.1, 0.15) is 57.4 Å². The largest absolute Gasteiger partial charge is 0.484 e. The Kier molecular flexibility index (Phi) is 9.52. The number of rotatable bonds is 9. The Morgan fingerprint density at radius 3 is 2.66 bits per heavy atom. The normalized spacial score (nSPS) is 17.9. The predicted molar refractivity (Wildman–Crippen MR) is 128 cm³/mol. The third kappa shape index (κ3) is 7.68. The summed E-state index contributed by atoms with van der Waals surface area (Å²) in [5, 5.41) is 9.82. The van der Waals surface area contributed by atoms with E-state index in [0.29, 0.717) is 23.8 Å². The van der Waals surface area contributed by atoms with Crippen LogP contribution in [0.2, 0.25) is 0 Å². The van der Waals surface area contributed by atoms with Crippen molar-refractivity contribution >= 4 is 35.8 Å². The minimum atomic E-state index is -0.0487. The van der Waals surface area contributed by atoms with E-state index < -0.39 is 0 Å². The van der Waals surface area contributed by atoms with Gasteiger partial charge in [0.1, 0.15) is 5.75 Å². The highest BCUT2D eigenvalue weighted by Gasteiger charge is 2.31. The third-order valence-electron chi connectivity index (χ3n) is 5.94. The zero-order valence-electron chi connectivity index (χ0n) is 17.6. The Morgan fingerprint density at radius 2 is 2.00 bits per heavy atom. The molecule has 2 fully saturated rings. The van der Waals surface area contributed by atoms with Crippen molar-refractivity contribution in [3.05, 3.63) is 29.8 Å². The molecule has 0 bridgehead atoms. The number of carbonyl (C=O) groups is 1. The highest BCUT2D eigenvalue weighted by molar-refractivity contribution is 14.0. The number of amides is 1. The van der Waals surface area contributed by atoms with Gasteiger partial charge in [0.05, 0.1) is 0 Å². The summed E-state index contributed by atoms with van der Waals surface area (Å²) in [6.45, 7) is 3.99. The number of aliphatic imine (C=N–C) groups is 1. The van der Waals surface area contributed by atoms with Crippen LogP contribution in [0.25, 0.3) is 0 Å². The number of ether oxygens (including phenoxy) is 1. The highest BCUT2D eigenvalue weighted by Crippen LogP contribution is 2.40. The minimum Gasteiger partial charge on any atom is -0.484 e. The molecule has 162 valence electrons. The molecule has 29 heavy (non-hydrogen) atoms. The van der Waals surface area contributed by atoms with Crippen molar-refractivity contribution in [1.82, 2.24) is 16.0 Å². The Labute approximate surface area is 191 Å². The summed E-state index contributed by atoms with van der Waals surface area (Å²) >= 11 is 0. The first kappa shape index (κ1) is 23.8. The molecule has 3 rings (SSSR count). The quantitative estimate of drug-likeness (QED) is 0.268. The zero-order valence-corrected chi connectivity index (χ0v) is 20.0. The lowest BCUT2D eigenvalue weighted by atomic mass is 9.83. The van der Waals surface area contributed by atoms with Crippen LogP contribution in [0.15, 0.2) is 29.3 Å². The molecule has 2 saturated carbocycles. The van der Waals surface area contributed by atoms with Gasteiger partial charge in [-0.05, 0) is 55.2 Å². The van der Waals surface area contributed by atoms with E-state index in [1.54, 1.807) is 7.05 Å². The molecule has 0 saturated heterocycles. The molecular formula is C22H35IN4O2. The van der Waals surface area contributed by atoms with E-state index in [-0.39, 0.29) is 36.5 Å². The summed E-state index contributed by atoms with van der Waals surface area (Å²) in [6, 6.07) is 8.21. The number of nitrogens with one attached hydrogen (secondary N) is 3. The van der Waals surface area contributed by atoms with Crippen molar-refractivity contribution in [1.29, 1.82) is 0 Å². The number of carbonyl (C=O) groups excluding carboxylic acids is 1. The predicted octanol–water partition coefficient (Wildman–Crippen LogP) is 3.60. The van der Waals surface area contributed by atoms with E-state index in [9.17, 15) is 4.79 Å². The van der Waals surface area contributed by atoms with E-state index in [1.165, 1.54) is 32.1 Å². The molecule has 0 aliphatic heterocycles. The number of guanidine groups is 1. The molecule has 1 amide bonds. The van der Waals surface area contributed by atoms with Crippen LogP contribution in [0.4, 0.5) is 0 Å². The molecule has 0 radical (unpaired) electrons. The number of nitrogens with zero attached hydrogens (tertiary/aromatic N) is 1. The maximum Gasteiger partial charge on any atom is 0.258 e. The van der Waals surface area contributed by atoms with Crippen LogP contribution in [0, 0.1) is 5.41 Å². The van der Waals surface area contributed by atoms with Gasteiger partial charge < -0.3 is 20.7 Å². The van der Waals surface area contributed by atoms with Crippen molar-refractivity contribution in [2.24, 2.45) is 10.4 Å². The molecule has 1 aromatic carbocycles. The summed E-state index contributed by atoms with van der Waals surface area (Å²) in [5.41, 5.74) is 1.51. The average molecular weight is 514 g/mol. The van der Waals surface area contributed by atoms with Gasteiger partial charge in [-0.1, -0.05) is 31.9 Å². The molecule has 0 atom stereocenters. The van der Waals surface area contributed by atoms with Gasteiger partial charge in [-0.15, -0.1) is 24.0 Å². The molecule has 2 aliphatic carbocycles. The molecule has 6 nitrogen and oxygen atoms in total. The SMILES string of the molecule is CCC1(CNC(=NC)NCc2cccc(OCC(=O)NC3CC3)c2)CCCC1.I. The van der Waals surface area contributed by atoms with Gasteiger partial charge in [-0.2, -0.15) is 0 Å². The van der Waals surface area contributed by atoms with Crippen LogP contribution in [-0.2, 0) is 11.3 Å². The van der Waals surface area contributed by atoms with Crippen molar-refractivity contribution in [2.45, 2.75) is 64.5 Å². The fraction of sp³-hybridized carbons (Fsp3) is 0.636. The lowest BCUT2D eigenvalue weighted by molar-refractivity contribution is -0.123. The van der Waals surface area contributed by atoms with E-state index in [1.807, 2.05) is 24.3 Å². The number of benzene rings is 1. The molecule has 3 N–H and O–H groups in total. The number of hydrogen-bond acceptors (Lipinski definition) is 3. The average Bonchev–Trinajstić information content (AvgIpc) is 3.40. The third-order valence-corrected chi connectivity index (χ3v) is 5.94. The summed E-state index contributed by atoms with van der Waals surface area (Å²) < 4.78 is 5.63. The molecule has 0 aromatic heterocycles. The van der Waals surface area contributed by atoms with Gasteiger partial charge in [0.25, 0.3) is 5.91 Å². The summed E-state index contributed by atoms with van der Waals surface area (Å²) in [6.07, 6.45) is 8.68. The first-order chi connectivity index (χ1) is 13.6. The topological polar surface area (TPSA) is 74.8 Å². The summed E-state index contributed by atoms with van der Waals surface area (Å²) in [5.74, 6) is 1.49. The molecule has 2 aliphatic rings. The van der Waals surface area contributed by atoms with Crippen LogP contribution in [-0.4, -0.2) is 38.1 Å². The Balaban J connectivity index is 0.00000300. The Bertz CT molecular complexity index is 685. The molecular weight excluding hydrogens is 479 g/mol. The summed E-state index contributed by atoms with van der Waals surface area (Å²) in [7, 11) is 1.81. The smallest absolute Gasteiger partial charge is 0.258 e. The van der Waals surface area contributed by atoms with Crippen LogP contribution < -0.4 is 20.7 Å². The monoisotopic (exact) mass is 514 g/mol. The van der Waals surface area contributed by atoms with Crippen molar-refractivity contribution < 1.29 is 9.53 Å². The van der Waals surface area contributed by atoms with Crippen LogP contribution in [0.5, 0.6) is 5.75 Å². The number of halogens is 1. The van der Waals surface area contributed by atoms with Gasteiger partial charge in [0.15, 0.2) is 12.6 Å². The maximum atomic E-state index is 11.8. The van der Waals surface area contributed by atoms with Crippen molar-refractivity contribution in [3.8, 4) is 5.75 Å². The number of hydrogen-bond donors (Lipinski definition) is 3. The first-order valence-electron chi connectivity index (χ1n) is 10.6. The van der Waals surface area contributed by atoms with Gasteiger partial charge in [0, 0.05) is 26.2 Å². The molecule has 7 heteroatoms. The van der Waals surface area contributed by atoms with Gasteiger partial charge >= 0.3 is 0 Å². The second-order valence-electron chi connectivity index (χ2n) is 8.12. The Hall–Kier alpha value is -1.51. The fourth-order valence-corrected chi connectivity index (χ4v) is 3.85. The molecule has 0 heterocycles. The lowest BCUT2D eigenvalue weighted by Crippen LogP contribution is -2.42. The van der Waals surface area contributed by atoms with E-state index >= 15 is 0 Å². The van der Waals surface area contributed by atoms with E-state index in [0.717, 1.165) is 30.9 Å². The summed E-state index contributed by atoms with van der Waals surface area (Å²) in [4.78, 5) is 16.1. The second kappa shape index (κ2) is 11.6. The zero-order chi connectivity index (χ0) is 19.8. The highest BCUT2D eigenvalue weighted by atomic mass is 127. The minimum absolute atomic E-state index is 0. The Morgan fingerprint density at radius 1 is 1.24 bits per heavy atom. The second-order valence-corrected chi connectivity index (χ2v) is 8.12. The molecule has 0 unspecified atom stereocenters. The van der Waals surface area contributed by atoms with Crippen molar-refractivity contribution in [3.63, 3.8) is 0 Å². The molecule has 1 aromatic rings. The van der Waals surface area contributed by atoms with Gasteiger partial charge in [-0.25, -0.2) is 0 Å².